The van der Waals surface area contributed by atoms with Gasteiger partial charge in [0.1, 0.15) is 5.69 Å². The SMILES string of the molecule is CNCCCC(=O)Nc1cccc(Cl)c1-n1cccn1. The van der Waals surface area contributed by atoms with Gasteiger partial charge in [0.2, 0.25) is 5.91 Å². The van der Waals surface area contributed by atoms with E-state index in [1.807, 2.05) is 19.2 Å². The zero-order chi connectivity index (χ0) is 14.4. The van der Waals surface area contributed by atoms with Gasteiger partial charge in [0.25, 0.3) is 0 Å². The van der Waals surface area contributed by atoms with Gasteiger partial charge in [-0.05, 0) is 38.2 Å². The van der Waals surface area contributed by atoms with Crippen molar-refractivity contribution in [2.45, 2.75) is 12.8 Å². The quantitative estimate of drug-likeness (QED) is 0.804. The standard InChI is InChI=1S/C14H17ClN4O/c1-16-8-3-7-13(20)18-12-6-2-5-11(15)14(12)19-10-4-9-17-19/h2,4-6,9-10,16H,3,7-8H2,1H3,(H,18,20). The van der Waals surface area contributed by atoms with Gasteiger partial charge in [-0.15, -0.1) is 0 Å². The molecule has 0 atom stereocenters. The second kappa shape index (κ2) is 7.07. The van der Waals surface area contributed by atoms with Crippen LogP contribution in [0.25, 0.3) is 5.69 Å². The van der Waals surface area contributed by atoms with Crippen LogP contribution in [-0.4, -0.2) is 29.3 Å². The molecular formula is C14H17ClN4O. The Morgan fingerprint density at radius 3 is 2.95 bits per heavy atom. The predicted octanol–water partition coefficient (Wildman–Crippen LogP) is 2.46. The average Bonchev–Trinajstić information content (AvgIpc) is 2.93. The van der Waals surface area contributed by atoms with Gasteiger partial charge in [-0.2, -0.15) is 5.10 Å². The number of aromatic nitrogens is 2. The number of halogens is 1. The smallest absolute Gasteiger partial charge is 0.224 e. The zero-order valence-electron chi connectivity index (χ0n) is 11.3. The molecule has 106 valence electrons. The predicted molar refractivity (Wildman–Crippen MR) is 80.4 cm³/mol. The third kappa shape index (κ3) is 3.59. The number of nitrogens with one attached hydrogen (secondary N) is 2. The number of carbonyl (C=O) groups excluding carboxylic acids is 1. The summed E-state index contributed by atoms with van der Waals surface area (Å²) in [6.45, 7) is 0.814. The topological polar surface area (TPSA) is 59.0 Å². The van der Waals surface area contributed by atoms with Crippen molar-refractivity contribution >= 4 is 23.2 Å². The van der Waals surface area contributed by atoms with Crippen molar-refractivity contribution in [2.24, 2.45) is 0 Å². The van der Waals surface area contributed by atoms with Crippen molar-refractivity contribution in [3.63, 3.8) is 0 Å². The molecular weight excluding hydrogens is 276 g/mol. The van der Waals surface area contributed by atoms with E-state index in [0.717, 1.165) is 13.0 Å². The maximum Gasteiger partial charge on any atom is 0.224 e. The van der Waals surface area contributed by atoms with Crippen LogP contribution in [-0.2, 0) is 4.79 Å². The molecule has 6 heteroatoms. The summed E-state index contributed by atoms with van der Waals surface area (Å²) in [6.07, 6.45) is 4.71. The van der Waals surface area contributed by atoms with E-state index in [4.69, 9.17) is 11.6 Å². The first-order valence-corrected chi connectivity index (χ1v) is 6.83. The lowest BCUT2D eigenvalue weighted by atomic mass is 10.2. The summed E-state index contributed by atoms with van der Waals surface area (Å²) in [6, 6.07) is 7.20. The van der Waals surface area contributed by atoms with Crippen molar-refractivity contribution in [1.82, 2.24) is 15.1 Å². The largest absolute Gasteiger partial charge is 0.324 e. The van der Waals surface area contributed by atoms with E-state index in [1.54, 1.807) is 29.2 Å². The molecule has 1 amide bonds. The molecule has 0 radical (unpaired) electrons. The molecule has 0 saturated heterocycles. The van der Waals surface area contributed by atoms with Gasteiger partial charge in [-0.1, -0.05) is 17.7 Å². The lowest BCUT2D eigenvalue weighted by Crippen LogP contribution is -2.16. The number of para-hydroxylation sites is 1. The van der Waals surface area contributed by atoms with Gasteiger partial charge in [-0.25, -0.2) is 4.68 Å². The maximum atomic E-state index is 11.9. The number of rotatable bonds is 6. The number of carbonyl (C=O) groups is 1. The molecule has 1 heterocycles. The lowest BCUT2D eigenvalue weighted by Gasteiger charge is -2.12. The molecule has 0 aliphatic heterocycles. The van der Waals surface area contributed by atoms with E-state index in [0.29, 0.717) is 22.8 Å². The minimum Gasteiger partial charge on any atom is -0.324 e. The first kappa shape index (κ1) is 14.6. The fourth-order valence-corrected chi connectivity index (χ4v) is 2.15. The van der Waals surface area contributed by atoms with E-state index in [2.05, 4.69) is 15.7 Å². The summed E-state index contributed by atoms with van der Waals surface area (Å²) in [5, 5.41) is 10.6. The van der Waals surface area contributed by atoms with E-state index in [-0.39, 0.29) is 5.91 Å². The van der Waals surface area contributed by atoms with Gasteiger partial charge in [-0.3, -0.25) is 4.79 Å². The van der Waals surface area contributed by atoms with Crippen LogP contribution in [0.1, 0.15) is 12.8 Å². The molecule has 2 rings (SSSR count). The van der Waals surface area contributed by atoms with Crippen LogP contribution in [0.5, 0.6) is 0 Å². The number of benzene rings is 1. The second-order valence-corrected chi connectivity index (χ2v) is 4.75. The normalized spacial score (nSPS) is 10.5. The van der Waals surface area contributed by atoms with E-state index >= 15 is 0 Å². The summed E-state index contributed by atoms with van der Waals surface area (Å²) in [4.78, 5) is 11.9. The van der Waals surface area contributed by atoms with Crippen LogP contribution in [0.4, 0.5) is 5.69 Å². The summed E-state index contributed by atoms with van der Waals surface area (Å²) >= 11 is 6.21. The molecule has 1 aromatic heterocycles. The van der Waals surface area contributed by atoms with Crippen molar-refractivity contribution in [3.05, 3.63) is 41.7 Å². The van der Waals surface area contributed by atoms with Crippen molar-refractivity contribution < 1.29 is 4.79 Å². The molecule has 0 unspecified atom stereocenters. The fraction of sp³-hybridized carbons (Fsp3) is 0.286. The van der Waals surface area contributed by atoms with Crippen LogP contribution in [0.3, 0.4) is 0 Å². The first-order valence-electron chi connectivity index (χ1n) is 6.45. The van der Waals surface area contributed by atoms with Crippen LogP contribution in [0.2, 0.25) is 5.02 Å². The van der Waals surface area contributed by atoms with Crippen LogP contribution < -0.4 is 10.6 Å². The number of nitrogens with zero attached hydrogens (tertiary/aromatic N) is 2. The van der Waals surface area contributed by atoms with Gasteiger partial charge in [0.05, 0.1) is 10.7 Å². The highest BCUT2D eigenvalue weighted by Crippen LogP contribution is 2.28. The number of hydrogen-bond donors (Lipinski definition) is 2. The highest BCUT2D eigenvalue weighted by atomic mass is 35.5. The molecule has 5 nitrogen and oxygen atoms in total. The lowest BCUT2D eigenvalue weighted by molar-refractivity contribution is -0.116. The van der Waals surface area contributed by atoms with Crippen molar-refractivity contribution in [3.8, 4) is 5.69 Å². The third-order valence-electron chi connectivity index (χ3n) is 2.82. The van der Waals surface area contributed by atoms with Gasteiger partial charge in [0, 0.05) is 18.8 Å². The molecule has 0 saturated carbocycles. The highest BCUT2D eigenvalue weighted by Gasteiger charge is 2.11. The molecule has 2 aromatic rings. The Hall–Kier alpha value is -1.85. The maximum absolute atomic E-state index is 11.9. The molecule has 0 spiro atoms. The third-order valence-corrected chi connectivity index (χ3v) is 3.13. The van der Waals surface area contributed by atoms with Gasteiger partial charge < -0.3 is 10.6 Å². The number of anilines is 1. The average molecular weight is 293 g/mol. The van der Waals surface area contributed by atoms with Crippen LogP contribution in [0.15, 0.2) is 36.7 Å². The highest BCUT2D eigenvalue weighted by molar-refractivity contribution is 6.33. The van der Waals surface area contributed by atoms with Crippen LogP contribution >= 0.6 is 11.6 Å². The summed E-state index contributed by atoms with van der Waals surface area (Å²) < 4.78 is 1.64. The Balaban J connectivity index is 2.16. The Bertz CT molecular complexity index is 569. The minimum absolute atomic E-state index is 0.0316. The van der Waals surface area contributed by atoms with Crippen molar-refractivity contribution in [1.29, 1.82) is 0 Å². The first-order chi connectivity index (χ1) is 9.72. The summed E-state index contributed by atoms with van der Waals surface area (Å²) in [5.74, 6) is -0.0316. The molecule has 0 bridgehead atoms. The van der Waals surface area contributed by atoms with E-state index in [1.165, 1.54) is 0 Å². The molecule has 1 aromatic carbocycles. The Labute approximate surface area is 122 Å². The van der Waals surface area contributed by atoms with Crippen LogP contribution in [0, 0.1) is 0 Å². The van der Waals surface area contributed by atoms with E-state index in [9.17, 15) is 4.79 Å². The fourth-order valence-electron chi connectivity index (χ4n) is 1.89. The molecule has 20 heavy (non-hydrogen) atoms. The monoisotopic (exact) mass is 292 g/mol. The second-order valence-electron chi connectivity index (χ2n) is 4.34. The molecule has 0 fully saturated rings. The van der Waals surface area contributed by atoms with Crippen molar-refractivity contribution in [2.75, 3.05) is 18.9 Å². The molecule has 0 aliphatic rings. The van der Waals surface area contributed by atoms with Gasteiger partial charge >= 0.3 is 0 Å². The van der Waals surface area contributed by atoms with E-state index < -0.39 is 0 Å². The Kier molecular flexibility index (Phi) is 5.15. The Morgan fingerprint density at radius 1 is 1.40 bits per heavy atom. The number of hydrogen-bond acceptors (Lipinski definition) is 3. The summed E-state index contributed by atoms with van der Waals surface area (Å²) in [5.41, 5.74) is 1.34. The molecule has 0 aliphatic carbocycles. The minimum atomic E-state index is -0.0316. The zero-order valence-corrected chi connectivity index (χ0v) is 12.0. The summed E-state index contributed by atoms with van der Waals surface area (Å²) in [7, 11) is 1.87. The molecule has 2 N–H and O–H groups in total. The Morgan fingerprint density at radius 2 is 2.25 bits per heavy atom. The number of amides is 1. The van der Waals surface area contributed by atoms with Gasteiger partial charge in [0.15, 0.2) is 0 Å².